The summed E-state index contributed by atoms with van der Waals surface area (Å²) in [4.78, 5) is 14.3. The van der Waals surface area contributed by atoms with E-state index in [-0.39, 0.29) is 24.0 Å². The molecule has 1 atom stereocenters. The van der Waals surface area contributed by atoms with Crippen LogP contribution in [-0.2, 0) is 27.6 Å². The minimum absolute atomic E-state index is 0.0118. The number of carbonyl (C=O) groups is 1. The lowest BCUT2D eigenvalue weighted by atomic mass is 10.1. The van der Waals surface area contributed by atoms with Crippen LogP contribution in [0.5, 0.6) is 0 Å². The van der Waals surface area contributed by atoms with Crippen molar-refractivity contribution in [3.8, 4) is 0 Å². The highest BCUT2D eigenvalue weighted by Crippen LogP contribution is 2.27. The zero-order valence-electron chi connectivity index (χ0n) is 13.6. The van der Waals surface area contributed by atoms with Gasteiger partial charge in [0.15, 0.2) is 9.84 Å². The van der Waals surface area contributed by atoms with E-state index in [4.69, 9.17) is 4.42 Å². The van der Waals surface area contributed by atoms with Crippen LogP contribution in [-0.4, -0.2) is 47.1 Å². The van der Waals surface area contributed by atoms with Crippen molar-refractivity contribution in [1.29, 1.82) is 0 Å². The molecule has 8 heteroatoms. The average molecular weight is 351 g/mol. The van der Waals surface area contributed by atoms with Crippen LogP contribution in [0.25, 0.3) is 0 Å². The Bertz CT molecular complexity index is 795. The minimum Gasteiger partial charge on any atom is -0.469 e. The van der Waals surface area contributed by atoms with Crippen LogP contribution in [0.1, 0.15) is 30.7 Å². The molecule has 0 saturated carbocycles. The summed E-state index contributed by atoms with van der Waals surface area (Å²) in [5, 5.41) is 4.21. The van der Waals surface area contributed by atoms with Crippen LogP contribution in [0.4, 0.5) is 0 Å². The Labute approximate surface area is 141 Å². The number of hydrogen-bond acceptors (Lipinski definition) is 5. The highest BCUT2D eigenvalue weighted by molar-refractivity contribution is 7.91. The highest BCUT2D eigenvalue weighted by atomic mass is 32.2. The van der Waals surface area contributed by atoms with Crippen molar-refractivity contribution in [1.82, 2.24) is 14.7 Å². The summed E-state index contributed by atoms with van der Waals surface area (Å²) in [7, 11) is -3.15. The fourth-order valence-electron chi connectivity index (χ4n) is 2.93. The van der Waals surface area contributed by atoms with E-state index in [1.165, 1.54) is 0 Å². The number of sulfone groups is 1. The number of carbonyl (C=O) groups excluding carboxylic acids is 1. The smallest absolute Gasteiger partial charge is 0.223 e. The quantitative estimate of drug-likeness (QED) is 0.813. The SMILES string of the molecule is CCn1cc(C2CS(=O)(=O)CCN2C(=O)CCc2ccco2)cn1. The molecule has 0 aromatic carbocycles. The molecule has 130 valence electrons. The molecule has 2 aromatic rings. The van der Waals surface area contributed by atoms with Gasteiger partial charge in [0.2, 0.25) is 5.91 Å². The van der Waals surface area contributed by atoms with Gasteiger partial charge >= 0.3 is 0 Å². The van der Waals surface area contributed by atoms with Gasteiger partial charge in [-0.15, -0.1) is 0 Å². The number of hydrogen-bond donors (Lipinski definition) is 0. The summed E-state index contributed by atoms with van der Waals surface area (Å²) >= 11 is 0. The summed E-state index contributed by atoms with van der Waals surface area (Å²) in [6.45, 7) is 2.88. The van der Waals surface area contributed by atoms with Crippen LogP contribution < -0.4 is 0 Å². The standard InChI is InChI=1S/C16H21N3O4S/c1-2-18-11-13(10-17-18)15-12-24(21,22)9-7-19(15)16(20)6-5-14-4-3-8-23-14/h3-4,8,10-11,15H,2,5-7,9,12H2,1H3. The van der Waals surface area contributed by atoms with Crippen molar-refractivity contribution in [2.75, 3.05) is 18.1 Å². The van der Waals surface area contributed by atoms with Gasteiger partial charge in [-0.3, -0.25) is 9.48 Å². The lowest BCUT2D eigenvalue weighted by Crippen LogP contribution is -2.46. The Kier molecular flexibility index (Phi) is 4.75. The second-order valence-electron chi connectivity index (χ2n) is 5.93. The van der Waals surface area contributed by atoms with Gasteiger partial charge in [0, 0.05) is 37.7 Å². The second-order valence-corrected chi connectivity index (χ2v) is 8.15. The molecule has 3 rings (SSSR count). The van der Waals surface area contributed by atoms with E-state index in [0.717, 1.165) is 11.3 Å². The fourth-order valence-corrected chi connectivity index (χ4v) is 4.43. The molecule has 24 heavy (non-hydrogen) atoms. The van der Waals surface area contributed by atoms with E-state index in [1.807, 2.05) is 19.2 Å². The molecule has 2 aromatic heterocycles. The molecular formula is C16H21N3O4S. The number of nitrogens with zero attached hydrogens (tertiary/aromatic N) is 3. The first-order valence-electron chi connectivity index (χ1n) is 8.03. The predicted octanol–water partition coefficient (Wildman–Crippen LogP) is 1.43. The molecule has 0 N–H and O–H groups in total. The summed E-state index contributed by atoms with van der Waals surface area (Å²) in [6.07, 6.45) is 5.86. The van der Waals surface area contributed by atoms with E-state index >= 15 is 0 Å². The van der Waals surface area contributed by atoms with E-state index in [2.05, 4.69) is 5.10 Å². The third-order valence-electron chi connectivity index (χ3n) is 4.28. The lowest BCUT2D eigenvalue weighted by molar-refractivity contribution is -0.133. The molecule has 1 saturated heterocycles. The van der Waals surface area contributed by atoms with Gasteiger partial charge < -0.3 is 9.32 Å². The summed E-state index contributed by atoms with van der Waals surface area (Å²) in [5.74, 6) is 0.658. The molecule has 0 spiro atoms. The second kappa shape index (κ2) is 6.80. The third-order valence-corrected chi connectivity index (χ3v) is 5.91. The molecule has 7 nitrogen and oxygen atoms in total. The average Bonchev–Trinajstić information content (AvgIpc) is 3.23. The monoisotopic (exact) mass is 351 g/mol. The first-order valence-corrected chi connectivity index (χ1v) is 9.85. The summed E-state index contributed by atoms with van der Waals surface area (Å²) < 4.78 is 31.1. The van der Waals surface area contributed by atoms with E-state index in [1.54, 1.807) is 28.1 Å². The Morgan fingerprint density at radius 3 is 2.96 bits per heavy atom. The van der Waals surface area contributed by atoms with Crippen LogP contribution >= 0.6 is 0 Å². The largest absolute Gasteiger partial charge is 0.469 e. The minimum atomic E-state index is -3.15. The molecule has 1 fully saturated rings. The molecule has 0 bridgehead atoms. The Morgan fingerprint density at radius 2 is 2.29 bits per heavy atom. The van der Waals surface area contributed by atoms with Gasteiger partial charge in [0.25, 0.3) is 0 Å². The fraction of sp³-hybridized carbons (Fsp3) is 0.500. The number of furan rings is 1. The van der Waals surface area contributed by atoms with Gasteiger partial charge in [-0.2, -0.15) is 5.10 Å². The van der Waals surface area contributed by atoms with Gasteiger partial charge in [-0.05, 0) is 19.1 Å². The highest BCUT2D eigenvalue weighted by Gasteiger charge is 2.35. The summed E-state index contributed by atoms with van der Waals surface area (Å²) in [6, 6.07) is 3.15. The van der Waals surface area contributed by atoms with Crippen molar-refractivity contribution in [3.05, 3.63) is 42.1 Å². The van der Waals surface area contributed by atoms with Crippen LogP contribution in [0.3, 0.4) is 0 Å². The topological polar surface area (TPSA) is 85.4 Å². The van der Waals surface area contributed by atoms with Crippen molar-refractivity contribution >= 4 is 15.7 Å². The number of aryl methyl sites for hydroxylation is 2. The first-order chi connectivity index (χ1) is 11.5. The molecule has 1 aliphatic heterocycles. The van der Waals surface area contributed by atoms with Gasteiger partial charge in [-0.25, -0.2) is 8.42 Å². The van der Waals surface area contributed by atoms with Crippen molar-refractivity contribution in [2.45, 2.75) is 32.4 Å². The first kappa shape index (κ1) is 16.8. The molecule has 1 amide bonds. The number of amides is 1. The van der Waals surface area contributed by atoms with Crippen molar-refractivity contribution in [3.63, 3.8) is 0 Å². The van der Waals surface area contributed by atoms with E-state index in [9.17, 15) is 13.2 Å². The summed E-state index contributed by atoms with van der Waals surface area (Å²) in [5.41, 5.74) is 0.770. The van der Waals surface area contributed by atoms with Crippen molar-refractivity contribution < 1.29 is 17.6 Å². The van der Waals surface area contributed by atoms with Gasteiger partial charge in [-0.1, -0.05) is 0 Å². The van der Waals surface area contributed by atoms with Crippen LogP contribution in [0.2, 0.25) is 0 Å². The molecule has 0 aliphatic carbocycles. The Morgan fingerprint density at radius 1 is 1.46 bits per heavy atom. The molecule has 3 heterocycles. The molecular weight excluding hydrogens is 330 g/mol. The molecule has 1 unspecified atom stereocenters. The third kappa shape index (κ3) is 3.69. The Balaban J connectivity index is 1.76. The maximum atomic E-state index is 12.6. The number of rotatable bonds is 5. The maximum Gasteiger partial charge on any atom is 0.223 e. The van der Waals surface area contributed by atoms with Crippen LogP contribution in [0.15, 0.2) is 35.2 Å². The normalized spacial score (nSPS) is 20.2. The number of aromatic nitrogens is 2. The molecule has 1 aliphatic rings. The molecule has 0 radical (unpaired) electrons. The zero-order chi connectivity index (χ0) is 17.2. The lowest BCUT2D eigenvalue weighted by Gasteiger charge is -2.35. The van der Waals surface area contributed by atoms with Gasteiger partial charge in [0.1, 0.15) is 5.76 Å². The van der Waals surface area contributed by atoms with Gasteiger partial charge in [0.05, 0.1) is 30.0 Å². The van der Waals surface area contributed by atoms with Crippen molar-refractivity contribution in [2.24, 2.45) is 0 Å². The predicted molar refractivity (Wildman–Crippen MR) is 88.0 cm³/mol. The van der Waals surface area contributed by atoms with E-state index in [0.29, 0.717) is 19.4 Å². The van der Waals surface area contributed by atoms with E-state index < -0.39 is 15.9 Å². The Hall–Kier alpha value is -2.09. The van der Waals surface area contributed by atoms with Crippen LogP contribution in [0, 0.1) is 0 Å². The maximum absolute atomic E-state index is 12.6. The zero-order valence-corrected chi connectivity index (χ0v) is 14.4.